The van der Waals surface area contributed by atoms with Crippen molar-refractivity contribution < 1.29 is 4.39 Å². The molecule has 1 fully saturated rings. The van der Waals surface area contributed by atoms with Crippen LogP contribution in [0, 0.1) is 11.7 Å². The van der Waals surface area contributed by atoms with Crippen LogP contribution < -0.4 is 10.2 Å². The highest BCUT2D eigenvalue weighted by atomic mass is 19.1. The highest BCUT2D eigenvalue weighted by molar-refractivity contribution is 5.54. The van der Waals surface area contributed by atoms with E-state index in [1.54, 1.807) is 12.1 Å². The van der Waals surface area contributed by atoms with Gasteiger partial charge in [0.25, 0.3) is 0 Å². The fourth-order valence-corrected chi connectivity index (χ4v) is 2.67. The summed E-state index contributed by atoms with van der Waals surface area (Å²) in [7, 11) is 0. The number of halogens is 1. The van der Waals surface area contributed by atoms with Crippen molar-refractivity contribution in [1.29, 1.82) is 0 Å². The van der Waals surface area contributed by atoms with Crippen LogP contribution in [0.5, 0.6) is 0 Å². The Labute approximate surface area is 109 Å². The van der Waals surface area contributed by atoms with Crippen molar-refractivity contribution in [3.63, 3.8) is 0 Å². The van der Waals surface area contributed by atoms with Crippen LogP contribution in [0.3, 0.4) is 0 Å². The van der Waals surface area contributed by atoms with Gasteiger partial charge in [0.1, 0.15) is 5.82 Å². The largest absolute Gasteiger partial charge is 0.371 e. The Kier molecular flexibility index (Phi) is 4.59. The minimum Gasteiger partial charge on any atom is -0.371 e. The van der Waals surface area contributed by atoms with E-state index in [4.69, 9.17) is 0 Å². The molecule has 1 N–H and O–H groups in total. The van der Waals surface area contributed by atoms with Gasteiger partial charge in [-0.05, 0) is 49.1 Å². The van der Waals surface area contributed by atoms with E-state index in [1.807, 2.05) is 6.07 Å². The van der Waals surface area contributed by atoms with E-state index in [9.17, 15) is 4.39 Å². The van der Waals surface area contributed by atoms with Gasteiger partial charge in [-0.25, -0.2) is 4.39 Å². The van der Waals surface area contributed by atoms with E-state index in [2.05, 4.69) is 24.1 Å². The van der Waals surface area contributed by atoms with Gasteiger partial charge in [0, 0.05) is 25.3 Å². The second-order valence-corrected chi connectivity index (χ2v) is 5.25. The molecule has 0 saturated carbocycles. The van der Waals surface area contributed by atoms with Gasteiger partial charge in [-0.1, -0.05) is 13.8 Å². The lowest BCUT2D eigenvalue weighted by atomic mass is 9.99. The third-order valence-corrected chi connectivity index (χ3v) is 3.60. The summed E-state index contributed by atoms with van der Waals surface area (Å²) >= 11 is 0. The van der Waals surface area contributed by atoms with E-state index >= 15 is 0 Å². The predicted octanol–water partition coefficient (Wildman–Crippen LogP) is 3.17. The number of nitrogens with one attached hydrogen (secondary N) is 1. The molecule has 0 aromatic heterocycles. The first kappa shape index (κ1) is 13.3. The van der Waals surface area contributed by atoms with Crippen LogP contribution in [-0.4, -0.2) is 19.6 Å². The van der Waals surface area contributed by atoms with Crippen LogP contribution in [0.1, 0.15) is 32.3 Å². The van der Waals surface area contributed by atoms with E-state index in [-0.39, 0.29) is 5.82 Å². The normalized spacial score (nSPS) is 20.2. The molecule has 18 heavy (non-hydrogen) atoms. The molecule has 0 aliphatic carbocycles. The number of benzene rings is 1. The summed E-state index contributed by atoms with van der Waals surface area (Å²) in [4.78, 5) is 2.40. The molecular weight excluding hydrogens is 227 g/mol. The first-order valence-electron chi connectivity index (χ1n) is 6.94. The van der Waals surface area contributed by atoms with Crippen molar-refractivity contribution in [3.05, 3.63) is 29.6 Å². The van der Waals surface area contributed by atoms with Crippen LogP contribution in [0.25, 0.3) is 0 Å². The average Bonchev–Trinajstić information content (AvgIpc) is 2.36. The Morgan fingerprint density at radius 3 is 3.00 bits per heavy atom. The Hall–Kier alpha value is -1.09. The number of hydrogen-bond donors (Lipinski definition) is 1. The lowest BCUT2D eigenvalue weighted by Crippen LogP contribution is -2.35. The van der Waals surface area contributed by atoms with Crippen LogP contribution in [0.2, 0.25) is 0 Å². The summed E-state index contributed by atoms with van der Waals surface area (Å²) in [5.41, 5.74) is 2.27. The van der Waals surface area contributed by atoms with Crippen LogP contribution in [-0.2, 0) is 6.54 Å². The maximum atomic E-state index is 13.4. The number of hydrogen-bond acceptors (Lipinski definition) is 2. The monoisotopic (exact) mass is 250 g/mol. The Balaban J connectivity index is 2.19. The van der Waals surface area contributed by atoms with E-state index in [0.29, 0.717) is 0 Å². The van der Waals surface area contributed by atoms with Gasteiger partial charge in [0.15, 0.2) is 0 Å². The first-order valence-corrected chi connectivity index (χ1v) is 6.94. The lowest BCUT2D eigenvalue weighted by Gasteiger charge is -2.34. The van der Waals surface area contributed by atoms with Gasteiger partial charge >= 0.3 is 0 Å². The van der Waals surface area contributed by atoms with E-state index in [0.717, 1.165) is 37.7 Å². The van der Waals surface area contributed by atoms with Crippen molar-refractivity contribution in [3.8, 4) is 0 Å². The third kappa shape index (κ3) is 3.22. The molecule has 1 aromatic carbocycles. The summed E-state index contributed by atoms with van der Waals surface area (Å²) in [5, 5.41) is 3.29. The lowest BCUT2D eigenvalue weighted by molar-refractivity contribution is 0.445. The quantitative estimate of drug-likeness (QED) is 0.883. The molecule has 0 spiro atoms. The topological polar surface area (TPSA) is 15.3 Å². The van der Waals surface area contributed by atoms with Crippen molar-refractivity contribution >= 4 is 5.69 Å². The van der Waals surface area contributed by atoms with Gasteiger partial charge in [-0.15, -0.1) is 0 Å². The molecule has 1 atom stereocenters. The number of rotatable bonds is 4. The second kappa shape index (κ2) is 6.19. The Bertz CT molecular complexity index is 392. The molecule has 0 radical (unpaired) electrons. The average molecular weight is 250 g/mol. The molecule has 2 nitrogen and oxygen atoms in total. The van der Waals surface area contributed by atoms with E-state index < -0.39 is 0 Å². The second-order valence-electron chi connectivity index (χ2n) is 5.25. The van der Waals surface area contributed by atoms with Crippen molar-refractivity contribution in [2.75, 3.05) is 24.5 Å². The smallest absolute Gasteiger partial charge is 0.123 e. The van der Waals surface area contributed by atoms with Gasteiger partial charge in [0.05, 0.1) is 0 Å². The molecule has 1 aromatic rings. The van der Waals surface area contributed by atoms with Crippen LogP contribution in [0.15, 0.2) is 18.2 Å². The minimum absolute atomic E-state index is 0.142. The summed E-state index contributed by atoms with van der Waals surface area (Å²) in [6, 6.07) is 5.17. The molecule has 3 heteroatoms. The fraction of sp³-hybridized carbons (Fsp3) is 0.600. The molecule has 1 unspecified atom stereocenters. The molecule has 1 heterocycles. The summed E-state index contributed by atoms with van der Waals surface area (Å²) in [5.74, 6) is 0.590. The Morgan fingerprint density at radius 1 is 1.44 bits per heavy atom. The zero-order chi connectivity index (χ0) is 13.0. The van der Waals surface area contributed by atoms with Crippen molar-refractivity contribution in [2.45, 2.75) is 33.2 Å². The van der Waals surface area contributed by atoms with Crippen molar-refractivity contribution in [1.82, 2.24) is 5.32 Å². The SMILES string of the molecule is CCNCc1cc(F)ccc1N1CCCC(C)C1. The molecule has 100 valence electrons. The van der Waals surface area contributed by atoms with Gasteiger partial charge < -0.3 is 10.2 Å². The number of nitrogens with zero attached hydrogens (tertiary/aromatic N) is 1. The molecule has 0 bridgehead atoms. The zero-order valence-electron chi connectivity index (χ0n) is 11.4. The van der Waals surface area contributed by atoms with Gasteiger partial charge in [-0.2, -0.15) is 0 Å². The van der Waals surface area contributed by atoms with Crippen LogP contribution in [0.4, 0.5) is 10.1 Å². The summed E-state index contributed by atoms with van der Waals surface area (Å²) in [6.07, 6.45) is 2.54. The maximum absolute atomic E-state index is 13.4. The third-order valence-electron chi connectivity index (χ3n) is 3.60. The molecule has 1 saturated heterocycles. The zero-order valence-corrected chi connectivity index (χ0v) is 11.4. The number of piperidine rings is 1. The molecular formula is C15H23FN2. The number of anilines is 1. The van der Waals surface area contributed by atoms with E-state index in [1.165, 1.54) is 18.5 Å². The van der Waals surface area contributed by atoms with Crippen LogP contribution >= 0.6 is 0 Å². The minimum atomic E-state index is -0.142. The van der Waals surface area contributed by atoms with Gasteiger partial charge in [-0.3, -0.25) is 0 Å². The summed E-state index contributed by atoms with van der Waals surface area (Å²) < 4.78 is 13.4. The standard InChI is InChI=1S/C15H23FN2/c1-3-17-10-13-9-14(16)6-7-15(13)18-8-4-5-12(2)11-18/h6-7,9,12,17H,3-5,8,10-11H2,1-2H3. The predicted molar refractivity (Wildman–Crippen MR) is 74.4 cm³/mol. The Morgan fingerprint density at radius 2 is 2.28 bits per heavy atom. The highest BCUT2D eigenvalue weighted by Gasteiger charge is 2.18. The molecule has 0 amide bonds. The molecule has 1 aliphatic rings. The van der Waals surface area contributed by atoms with Gasteiger partial charge in [0.2, 0.25) is 0 Å². The molecule has 1 aliphatic heterocycles. The maximum Gasteiger partial charge on any atom is 0.123 e. The van der Waals surface area contributed by atoms with Crippen molar-refractivity contribution in [2.24, 2.45) is 5.92 Å². The first-order chi connectivity index (χ1) is 8.70. The summed E-state index contributed by atoms with van der Waals surface area (Å²) in [6.45, 7) is 8.20. The molecule has 2 rings (SSSR count). The fourth-order valence-electron chi connectivity index (χ4n) is 2.67. The highest BCUT2D eigenvalue weighted by Crippen LogP contribution is 2.27.